The molecule has 0 aliphatic carbocycles. The van der Waals surface area contributed by atoms with Gasteiger partial charge in [-0.1, -0.05) is 53.7 Å². The number of nitrogens with one attached hydrogen (secondary N) is 1. The number of carbonyl (C=O) groups excluding carboxylic acids is 2. The largest absolute Gasteiger partial charge is 0.367 e. The Balaban J connectivity index is 1.12. The molecule has 5 rings (SSSR count). The van der Waals surface area contributed by atoms with E-state index in [4.69, 9.17) is 11.6 Å². The molecule has 0 radical (unpaired) electrons. The minimum atomic E-state index is -0.181. The van der Waals surface area contributed by atoms with Gasteiger partial charge in [0.15, 0.2) is 0 Å². The number of amides is 2. The molecular weight excluding hydrogens is 535 g/mol. The molecule has 1 fully saturated rings. The van der Waals surface area contributed by atoms with Gasteiger partial charge in [-0.2, -0.15) is 0 Å². The molecule has 2 heterocycles. The van der Waals surface area contributed by atoms with Crippen molar-refractivity contribution in [1.29, 1.82) is 0 Å². The van der Waals surface area contributed by atoms with E-state index in [-0.39, 0.29) is 17.6 Å². The normalized spacial score (nSPS) is 16.9. The maximum Gasteiger partial charge on any atom is 0.264 e. The van der Waals surface area contributed by atoms with Crippen LogP contribution in [0.4, 0.5) is 15.8 Å². The van der Waals surface area contributed by atoms with Gasteiger partial charge in [-0.05, 0) is 61.0 Å². The van der Waals surface area contributed by atoms with E-state index in [9.17, 15) is 14.0 Å². The highest BCUT2D eigenvalue weighted by Crippen LogP contribution is 2.42. The lowest BCUT2D eigenvalue weighted by molar-refractivity contribution is -0.114. The molecule has 9 heteroatoms. The predicted octanol–water partition coefficient (Wildman–Crippen LogP) is 5.53. The van der Waals surface area contributed by atoms with Crippen molar-refractivity contribution in [1.82, 2.24) is 10.2 Å². The Morgan fingerprint density at radius 1 is 1.03 bits per heavy atom. The van der Waals surface area contributed by atoms with Crippen LogP contribution in [0, 0.1) is 5.82 Å². The van der Waals surface area contributed by atoms with Gasteiger partial charge in [-0.15, -0.1) is 0 Å². The summed E-state index contributed by atoms with van der Waals surface area (Å²) in [6.07, 6.45) is 2.62. The first-order chi connectivity index (χ1) is 18.9. The quantitative estimate of drug-likeness (QED) is 0.302. The Kier molecular flexibility index (Phi) is 8.55. The first-order valence-corrected chi connectivity index (χ1v) is 14.2. The Morgan fingerprint density at radius 3 is 2.54 bits per heavy atom. The third-order valence-electron chi connectivity index (χ3n) is 7.01. The third kappa shape index (κ3) is 6.30. The van der Waals surface area contributed by atoms with Gasteiger partial charge in [0.25, 0.3) is 11.8 Å². The summed E-state index contributed by atoms with van der Waals surface area (Å²) < 4.78 is 14.1. The van der Waals surface area contributed by atoms with Crippen molar-refractivity contribution in [2.45, 2.75) is 11.3 Å². The van der Waals surface area contributed by atoms with Crippen LogP contribution in [-0.4, -0.2) is 63.0 Å². The summed E-state index contributed by atoms with van der Waals surface area (Å²) in [5.74, 6) is -0.482. The molecule has 0 spiro atoms. The van der Waals surface area contributed by atoms with Gasteiger partial charge in [0.2, 0.25) is 0 Å². The predicted molar refractivity (Wildman–Crippen MR) is 157 cm³/mol. The van der Waals surface area contributed by atoms with E-state index >= 15 is 0 Å². The fraction of sp³-hybridized carbons (Fsp3) is 0.267. The summed E-state index contributed by atoms with van der Waals surface area (Å²) in [4.78, 5) is 33.3. The van der Waals surface area contributed by atoms with E-state index in [1.54, 1.807) is 42.3 Å². The van der Waals surface area contributed by atoms with Gasteiger partial charge in [0, 0.05) is 55.3 Å². The monoisotopic (exact) mass is 564 g/mol. The number of rotatable bonds is 7. The molecule has 6 nitrogen and oxygen atoms in total. The zero-order chi connectivity index (χ0) is 27.4. The minimum Gasteiger partial charge on any atom is -0.367 e. The molecule has 2 aliphatic heterocycles. The molecule has 3 aromatic carbocycles. The smallest absolute Gasteiger partial charge is 0.264 e. The number of piperazine rings is 1. The number of thioether (sulfide) groups is 1. The number of hydrogen-bond donors (Lipinski definition) is 1. The fourth-order valence-electron chi connectivity index (χ4n) is 4.80. The van der Waals surface area contributed by atoms with Crippen molar-refractivity contribution in [2.24, 2.45) is 0 Å². The number of anilines is 2. The van der Waals surface area contributed by atoms with Gasteiger partial charge >= 0.3 is 0 Å². The van der Waals surface area contributed by atoms with Crippen LogP contribution in [0.5, 0.6) is 0 Å². The molecule has 0 bridgehead atoms. The molecule has 0 atom stereocenters. The summed E-state index contributed by atoms with van der Waals surface area (Å²) in [7, 11) is 1.72. The van der Waals surface area contributed by atoms with Crippen molar-refractivity contribution in [3.8, 4) is 0 Å². The maximum absolute atomic E-state index is 14.1. The van der Waals surface area contributed by atoms with Crippen LogP contribution in [0.3, 0.4) is 0 Å². The second-order valence-corrected chi connectivity index (χ2v) is 11.1. The lowest BCUT2D eigenvalue weighted by Gasteiger charge is -2.36. The van der Waals surface area contributed by atoms with E-state index < -0.39 is 0 Å². The number of para-hydroxylation sites is 1. The first kappa shape index (κ1) is 27.2. The number of nitrogens with zero attached hydrogens (tertiary/aromatic N) is 3. The molecule has 3 aromatic rings. The van der Waals surface area contributed by atoms with Gasteiger partial charge in [0.1, 0.15) is 5.82 Å². The van der Waals surface area contributed by atoms with Gasteiger partial charge in [0.05, 0.1) is 16.3 Å². The van der Waals surface area contributed by atoms with Crippen molar-refractivity contribution in [3.63, 3.8) is 0 Å². The van der Waals surface area contributed by atoms with Crippen molar-refractivity contribution in [2.75, 3.05) is 56.1 Å². The highest BCUT2D eigenvalue weighted by Gasteiger charge is 2.27. The van der Waals surface area contributed by atoms with Crippen LogP contribution in [0.2, 0.25) is 5.02 Å². The van der Waals surface area contributed by atoms with Crippen LogP contribution in [0.25, 0.3) is 6.08 Å². The lowest BCUT2D eigenvalue weighted by atomic mass is 10.1. The lowest BCUT2D eigenvalue weighted by Crippen LogP contribution is -2.47. The summed E-state index contributed by atoms with van der Waals surface area (Å²) in [6.45, 7) is 4.70. The second kappa shape index (κ2) is 12.2. The fourth-order valence-corrected chi connectivity index (χ4v) is 6.07. The number of hydrogen-bond acceptors (Lipinski definition) is 5. The average Bonchev–Trinajstić information content (AvgIpc) is 2.95. The minimum absolute atomic E-state index is 0.139. The third-order valence-corrected chi connectivity index (χ3v) is 8.43. The maximum atomic E-state index is 14.1. The molecule has 0 aromatic heterocycles. The first-order valence-electron chi connectivity index (χ1n) is 13.0. The van der Waals surface area contributed by atoms with Crippen LogP contribution < -0.4 is 15.1 Å². The van der Waals surface area contributed by atoms with E-state index in [0.717, 1.165) is 49.6 Å². The molecule has 2 aliphatic rings. The van der Waals surface area contributed by atoms with Crippen molar-refractivity contribution >= 4 is 52.6 Å². The SMILES string of the molecule is CN1C(=O)C(=Cc2ccccc2Cl)Sc2ccc(C(=O)NCCCN3CCN(c4ccccc4F)CC3)cc21. The molecule has 1 saturated heterocycles. The molecule has 202 valence electrons. The number of carbonyl (C=O) groups is 2. The van der Waals surface area contributed by atoms with Crippen LogP contribution >= 0.6 is 23.4 Å². The Hall–Kier alpha value is -3.33. The van der Waals surface area contributed by atoms with E-state index in [1.807, 2.05) is 36.4 Å². The number of likely N-dealkylation sites (N-methyl/N-ethyl adjacent to an activating group) is 1. The topological polar surface area (TPSA) is 55.9 Å². The average molecular weight is 565 g/mol. The number of fused-ring (bicyclic) bond motifs is 1. The highest BCUT2D eigenvalue weighted by molar-refractivity contribution is 8.04. The molecule has 2 amide bonds. The van der Waals surface area contributed by atoms with Crippen molar-refractivity contribution in [3.05, 3.63) is 93.6 Å². The molecule has 0 saturated carbocycles. The summed E-state index contributed by atoms with van der Waals surface area (Å²) in [5, 5.41) is 3.59. The molecule has 1 N–H and O–H groups in total. The number of benzene rings is 3. The van der Waals surface area contributed by atoms with Gasteiger partial charge in [-0.25, -0.2) is 4.39 Å². The Labute approximate surface area is 237 Å². The highest BCUT2D eigenvalue weighted by atomic mass is 35.5. The van der Waals surface area contributed by atoms with E-state index in [2.05, 4.69) is 15.1 Å². The second-order valence-electron chi connectivity index (χ2n) is 9.57. The standard InChI is InChI=1S/C30H30ClFN4O2S/c1-34-26-19-22(11-12-27(26)39-28(30(34)38)20-21-7-2-3-8-23(21)31)29(37)33-13-6-14-35-15-17-36(18-16-35)25-10-5-4-9-24(25)32/h2-5,7-12,19-20H,6,13-18H2,1H3,(H,33,37). The Bertz CT molecular complexity index is 1410. The summed E-state index contributed by atoms with van der Waals surface area (Å²) >= 11 is 7.65. The molecule has 0 unspecified atom stereocenters. The van der Waals surface area contributed by atoms with E-state index in [1.165, 1.54) is 17.8 Å². The van der Waals surface area contributed by atoms with Crippen LogP contribution in [0.15, 0.2) is 76.5 Å². The van der Waals surface area contributed by atoms with Crippen molar-refractivity contribution < 1.29 is 14.0 Å². The van der Waals surface area contributed by atoms with E-state index in [0.29, 0.717) is 33.4 Å². The van der Waals surface area contributed by atoms with Crippen LogP contribution in [-0.2, 0) is 4.79 Å². The molecular formula is C30H30ClFN4O2S. The number of halogens is 2. The van der Waals surface area contributed by atoms with Crippen LogP contribution in [0.1, 0.15) is 22.3 Å². The molecule has 39 heavy (non-hydrogen) atoms. The summed E-state index contributed by atoms with van der Waals surface area (Å²) in [6, 6.07) is 19.7. The van der Waals surface area contributed by atoms with Gasteiger partial charge in [-0.3, -0.25) is 14.5 Å². The Morgan fingerprint density at radius 2 is 1.77 bits per heavy atom. The zero-order valence-corrected chi connectivity index (χ0v) is 23.3. The zero-order valence-electron chi connectivity index (χ0n) is 21.7. The van der Waals surface area contributed by atoms with Gasteiger partial charge < -0.3 is 15.1 Å². The summed E-state index contributed by atoms with van der Waals surface area (Å²) in [5.41, 5.74) is 2.68.